The first kappa shape index (κ1) is 13.0. The van der Waals surface area contributed by atoms with Crippen molar-refractivity contribution in [3.05, 3.63) is 0 Å². The molecule has 0 spiro atoms. The largest absolute Gasteiger partial charge is 0.317 e. The lowest BCUT2D eigenvalue weighted by Crippen LogP contribution is -2.22. The van der Waals surface area contributed by atoms with E-state index < -0.39 is 0 Å². The molecule has 1 saturated carbocycles. The van der Waals surface area contributed by atoms with Crippen molar-refractivity contribution < 1.29 is 0 Å². The summed E-state index contributed by atoms with van der Waals surface area (Å²) in [6.07, 6.45) is 8.31. The van der Waals surface area contributed by atoms with Gasteiger partial charge in [0.2, 0.25) is 0 Å². The monoisotopic (exact) mass is 212 g/mol. The first-order valence-electron chi connectivity index (χ1n) is 6.72. The number of unbranched alkanes of at least 4 members (excludes halogenated alkanes) is 2. The lowest BCUT2D eigenvalue weighted by molar-refractivity contribution is 0.311. The van der Waals surface area contributed by atoms with Crippen LogP contribution in [0.5, 0.6) is 0 Å². The molecule has 1 aliphatic rings. The summed E-state index contributed by atoms with van der Waals surface area (Å²) in [5.74, 6) is 1.04. The predicted molar refractivity (Wildman–Crippen MR) is 67.2 cm³/mol. The predicted octanol–water partition coefficient (Wildman–Crippen LogP) is 2.50. The number of hydrogen-bond donors (Lipinski definition) is 1. The summed E-state index contributed by atoms with van der Waals surface area (Å²) in [4.78, 5) is 2.51. The van der Waals surface area contributed by atoms with Crippen LogP contribution in [-0.4, -0.2) is 38.1 Å². The maximum absolute atomic E-state index is 3.45. The molecule has 1 aliphatic carbocycles. The van der Waals surface area contributed by atoms with Crippen LogP contribution >= 0.6 is 0 Å². The SMILES string of the molecule is CCCNCCCCCN(C)CC1CC1. The van der Waals surface area contributed by atoms with Crippen molar-refractivity contribution in [1.82, 2.24) is 10.2 Å². The molecular weight excluding hydrogens is 184 g/mol. The Bertz CT molecular complexity index is 143. The summed E-state index contributed by atoms with van der Waals surface area (Å²) in [6.45, 7) is 7.25. The minimum atomic E-state index is 1.04. The molecule has 0 heterocycles. The van der Waals surface area contributed by atoms with Gasteiger partial charge in [0.25, 0.3) is 0 Å². The summed E-state index contributed by atoms with van der Waals surface area (Å²) in [6, 6.07) is 0. The molecule has 0 saturated heterocycles. The standard InChI is InChI=1S/C13H28N2/c1-3-9-14-10-5-4-6-11-15(2)12-13-7-8-13/h13-14H,3-12H2,1-2H3. The Labute approximate surface area is 95.4 Å². The molecule has 0 aromatic heterocycles. The highest BCUT2D eigenvalue weighted by Crippen LogP contribution is 2.29. The number of nitrogens with one attached hydrogen (secondary N) is 1. The third-order valence-electron chi connectivity index (χ3n) is 3.09. The van der Waals surface area contributed by atoms with Gasteiger partial charge in [0.15, 0.2) is 0 Å². The van der Waals surface area contributed by atoms with Gasteiger partial charge in [0, 0.05) is 6.54 Å². The smallest absolute Gasteiger partial charge is 0.000661 e. The van der Waals surface area contributed by atoms with Crippen molar-refractivity contribution in [2.24, 2.45) is 5.92 Å². The van der Waals surface area contributed by atoms with E-state index in [0.717, 1.165) is 5.92 Å². The Morgan fingerprint density at radius 2 is 1.93 bits per heavy atom. The molecule has 0 amide bonds. The Morgan fingerprint density at radius 3 is 2.60 bits per heavy atom. The highest BCUT2D eigenvalue weighted by Gasteiger charge is 2.22. The quantitative estimate of drug-likeness (QED) is 0.560. The van der Waals surface area contributed by atoms with Gasteiger partial charge in [0.1, 0.15) is 0 Å². The average molecular weight is 212 g/mol. The highest BCUT2D eigenvalue weighted by molar-refractivity contribution is 4.75. The summed E-state index contributed by atoms with van der Waals surface area (Å²) >= 11 is 0. The van der Waals surface area contributed by atoms with Crippen molar-refractivity contribution in [1.29, 1.82) is 0 Å². The maximum Gasteiger partial charge on any atom is 0.000661 e. The van der Waals surface area contributed by atoms with E-state index in [1.807, 2.05) is 0 Å². The molecule has 1 fully saturated rings. The van der Waals surface area contributed by atoms with Gasteiger partial charge < -0.3 is 10.2 Å². The van der Waals surface area contributed by atoms with Crippen LogP contribution in [0.15, 0.2) is 0 Å². The van der Waals surface area contributed by atoms with Crippen LogP contribution in [0.2, 0.25) is 0 Å². The summed E-state index contributed by atoms with van der Waals surface area (Å²) in [7, 11) is 2.27. The fourth-order valence-electron chi connectivity index (χ4n) is 1.94. The molecule has 0 aromatic carbocycles. The molecule has 0 atom stereocenters. The normalized spacial score (nSPS) is 16.2. The number of nitrogens with zero attached hydrogens (tertiary/aromatic N) is 1. The first-order valence-corrected chi connectivity index (χ1v) is 6.72. The van der Waals surface area contributed by atoms with Gasteiger partial charge in [-0.3, -0.25) is 0 Å². The van der Waals surface area contributed by atoms with E-state index in [4.69, 9.17) is 0 Å². The van der Waals surface area contributed by atoms with Crippen LogP contribution in [0.1, 0.15) is 45.4 Å². The van der Waals surface area contributed by atoms with E-state index in [-0.39, 0.29) is 0 Å². The molecular formula is C13H28N2. The van der Waals surface area contributed by atoms with E-state index in [2.05, 4.69) is 24.2 Å². The molecule has 0 unspecified atom stereocenters. The van der Waals surface area contributed by atoms with Gasteiger partial charge in [-0.05, 0) is 64.7 Å². The minimum Gasteiger partial charge on any atom is -0.317 e. The van der Waals surface area contributed by atoms with E-state index in [1.54, 1.807) is 0 Å². The molecule has 2 heteroatoms. The second-order valence-corrected chi connectivity index (χ2v) is 5.02. The zero-order chi connectivity index (χ0) is 10.9. The van der Waals surface area contributed by atoms with Gasteiger partial charge >= 0.3 is 0 Å². The lowest BCUT2D eigenvalue weighted by atomic mass is 10.2. The summed E-state index contributed by atoms with van der Waals surface area (Å²) < 4.78 is 0. The number of rotatable bonds is 10. The Hall–Kier alpha value is -0.0800. The topological polar surface area (TPSA) is 15.3 Å². The second-order valence-electron chi connectivity index (χ2n) is 5.02. The number of hydrogen-bond acceptors (Lipinski definition) is 2. The third-order valence-corrected chi connectivity index (χ3v) is 3.09. The van der Waals surface area contributed by atoms with Gasteiger partial charge in [-0.2, -0.15) is 0 Å². The zero-order valence-corrected chi connectivity index (χ0v) is 10.6. The Morgan fingerprint density at radius 1 is 1.13 bits per heavy atom. The van der Waals surface area contributed by atoms with Crippen molar-refractivity contribution in [3.8, 4) is 0 Å². The van der Waals surface area contributed by atoms with Crippen LogP contribution < -0.4 is 5.32 Å². The van der Waals surface area contributed by atoms with Crippen LogP contribution in [-0.2, 0) is 0 Å². The summed E-state index contributed by atoms with van der Waals surface area (Å²) in [5, 5.41) is 3.45. The Kier molecular flexibility index (Phi) is 7.03. The fraction of sp³-hybridized carbons (Fsp3) is 1.00. The van der Waals surface area contributed by atoms with Crippen molar-refractivity contribution in [2.45, 2.75) is 45.4 Å². The van der Waals surface area contributed by atoms with E-state index in [1.165, 1.54) is 64.7 Å². The molecule has 0 aromatic rings. The highest BCUT2D eigenvalue weighted by atomic mass is 15.1. The average Bonchev–Trinajstić information content (AvgIpc) is 3.00. The van der Waals surface area contributed by atoms with Gasteiger partial charge in [-0.25, -0.2) is 0 Å². The lowest BCUT2D eigenvalue weighted by Gasteiger charge is -2.15. The molecule has 15 heavy (non-hydrogen) atoms. The molecule has 0 radical (unpaired) electrons. The molecule has 0 aliphatic heterocycles. The van der Waals surface area contributed by atoms with Gasteiger partial charge in [0.05, 0.1) is 0 Å². The van der Waals surface area contributed by atoms with Gasteiger partial charge in [-0.1, -0.05) is 13.3 Å². The molecule has 2 nitrogen and oxygen atoms in total. The van der Waals surface area contributed by atoms with E-state index >= 15 is 0 Å². The molecule has 90 valence electrons. The van der Waals surface area contributed by atoms with E-state index in [9.17, 15) is 0 Å². The van der Waals surface area contributed by atoms with Crippen LogP contribution in [0, 0.1) is 5.92 Å². The van der Waals surface area contributed by atoms with E-state index in [0.29, 0.717) is 0 Å². The van der Waals surface area contributed by atoms with Gasteiger partial charge in [-0.15, -0.1) is 0 Å². The van der Waals surface area contributed by atoms with Crippen LogP contribution in [0.4, 0.5) is 0 Å². The summed E-state index contributed by atoms with van der Waals surface area (Å²) in [5.41, 5.74) is 0. The Balaban J connectivity index is 1.75. The first-order chi connectivity index (χ1) is 7.33. The van der Waals surface area contributed by atoms with Crippen molar-refractivity contribution >= 4 is 0 Å². The third kappa shape index (κ3) is 7.80. The zero-order valence-electron chi connectivity index (χ0n) is 10.6. The molecule has 0 bridgehead atoms. The van der Waals surface area contributed by atoms with Crippen molar-refractivity contribution in [3.63, 3.8) is 0 Å². The molecule has 1 N–H and O–H groups in total. The second kappa shape index (κ2) is 8.12. The van der Waals surface area contributed by atoms with Crippen LogP contribution in [0.25, 0.3) is 0 Å². The minimum absolute atomic E-state index is 1.04. The molecule has 1 rings (SSSR count). The maximum atomic E-state index is 3.45. The van der Waals surface area contributed by atoms with Crippen LogP contribution in [0.3, 0.4) is 0 Å². The fourth-order valence-corrected chi connectivity index (χ4v) is 1.94. The van der Waals surface area contributed by atoms with Crippen molar-refractivity contribution in [2.75, 3.05) is 33.2 Å².